The molecule has 1 saturated carbocycles. The normalized spacial score (nSPS) is 15.7. The first kappa shape index (κ1) is 26.7. The topological polar surface area (TPSA) is 98.7 Å². The van der Waals surface area contributed by atoms with E-state index in [1.54, 1.807) is 18.2 Å². The van der Waals surface area contributed by atoms with Crippen LogP contribution in [0, 0.1) is 0 Å². The molecule has 0 atom stereocenters. The first-order valence-electron chi connectivity index (χ1n) is 11.4. The highest BCUT2D eigenvalue weighted by atomic mass is 35.5. The van der Waals surface area contributed by atoms with Crippen LogP contribution in [0.15, 0.2) is 42.5 Å². The summed E-state index contributed by atoms with van der Waals surface area (Å²) in [6, 6.07) is 13.4. The van der Waals surface area contributed by atoms with Crippen molar-refractivity contribution in [3.63, 3.8) is 0 Å². The second kappa shape index (κ2) is 11.0. The Labute approximate surface area is 220 Å². The summed E-state index contributed by atoms with van der Waals surface area (Å²) in [7, 11) is 0. The highest BCUT2D eigenvalue weighted by Gasteiger charge is 2.38. The molecule has 1 aliphatic heterocycles. The molecule has 196 valence electrons. The molecule has 0 spiro atoms. The van der Waals surface area contributed by atoms with Crippen molar-refractivity contribution >= 4 is 57.7 Å². The van der Waals surface area contributed by atoms with Gasteiger partial charge in [0, 0.05) is 37.2 Å². The maximum absolute atomic E-state index is 12.9. The van der Waals surface area contributed by atoms with Crippen LogP contribution in [-0.4, -0.2) is 70.2 Å². The summed E-state index contributed by atoms with van der Waals surface area (Å²) in [6.07, 6.45) is -2.76. The van der Waals surface area contributed by atoms with E-state index in [4.69, 9.17) is 43.1 Å². The standard InChI is InChI=1S/C22H21Cl2N5O.C2HF3O2/c23-14-5-8-17(24)16(13-14)22(30)29-11-9-28(10-12-29)21-20(25-15-6-7-15)26-18-3-1-2-4-19(18)27-21;3-2(4,5)1(6)7/h1-5,8,13,15H,6-7,9-12H2,(H,25,26);(H,6,7). The summed E-state index contributed by atoms with van der Waals surface area (Å²) in [6.45, 7) is 2.52. The summed E-state index contributed by atoms with van der Waals surface area (Å²) < 4.78 is 31.7. The van der Waals surface area contributed by atoms with Crippen molar-refractivity contribution in [2.75, 3.05) is 36.4 Å². The van der Waals surface area contributed by atoms with E-state index < -0.39 is 12.1 Å². The Bertz CT molecular complexity index is 1310. The van der Waals surface area contributed by atoms with Crippen molar-refractivity contribution in [1.29, 1.82) is 0 Å². The molecule has 1 aliphatic carbocycles. The van der Waals surface area contributed by atoms with E-state index in [9.17, 15) is 18.0 Å². The zero-order valence-corrected chi connectivity index (χ0v) is 20.8. The third kappa shape index (κ3) is 6.72. The maximum atomic E-state index is 12.9. The highest BCUT2D eigenvalue weighted by molar-refractivity contribution is 6.35. The number of fused-ring (bicyclic) bond motifs is 1. The Morgan fingerprint density at radius 3 is 2.14 bits per heavy atom. The number of carbonyl (C=O) groups excluding carboxylic acids is 1. The molecule has 13 heteroatoms. The van der Waals surface area contributed by atoms with E-state index in [1.165, 1.54) is 0 Å². The van der Waals surface area contributed by atoms with E-state index in [1.807, 2.05) is 29.2 Å². The van der Waals surface area contributed by atoms with Crippen LogP contribution in [0.25, 0.3) is 11.0 Å². The monoisotopic (exact) mass is 555 g/mol. The highest BCUT2D eigenvalue weighted by Crippen LogP contribution is 2.31. The molecule has 1 saturated heterocycles. The van der Waals surface area contributed by atoms with Crippen LogP contribution in [0.4, 0.5) is 24.8 Å². The van der Waals surface area contributed by atoms with Crippen molar-refractivity contribution in [3.8, 4) is 0 Å². The van der Waals surface area contributed by atoms with Crippen LogP contribution in [0.3, 0.4) is 0 Å². The second-order valence-electron chi connectivity index (χ2n) is 8.51. The van der Waals surface area contributed by atoms with Gasteiger partial charge in [-0.05, 0) is 43.2 Å². The number of carboxylic acids is 1. The van der Waals surface area contributed by atoms with Crippen LogP contribution in [0.2, 0.25) is 10.0 Å². The molecule has 2 heterocycles. The number of anilines is 2. The molecule has 0 radical (unpaired) electrons. The van der Waals surface area contributed by atoms with Gasteiger partial charge in [-0.3, -0.25) is 4.79 Å². The first-order valence-corrected chi connectivity index (χ1v) is 12.1. The van der Waals surface area contributed by atoms with Gasteiger partial charge in [-0.2, -0.15) is 13.2 Å². The molecule has 1 amide bonds. The summed E-state index contributed by atoms with van der Waals surface area (Å²) in [5.74, 6) is -1.17. The lowest BCUT2D eigenvalue weighted by molar-refractivity contribution is -0.192. The van der Waals surface area contributed by atoms with Crippen molar-refractivity contribution in [3.05, 3.63) is 58.1 Å². The minimum Gasteiger partial charge on any atom is -0.475 e. The fourth-order valence-electron chi connectivity index (χ4n) is 3.68. The third-order valence-electron chi connectivity index (χ3n) is 5.74. The minimum absolute atomic E-state index is 0.0944. The number of amides is 1. The number of piperazine rings is 1. The lowest BCUT2D eigenvalue weighted by Crippen LogP contribution is -2.49. The van der Waals surface area contributed by atoms with Crippen molar-refractivity contribution in [2.24, 2.45) is 0 Å². The van der Waals surface area contributed by atoms with Gasteiger partial charge >= 0.3 is 12.1 Å². The number of aromatic nitrogens is 2. The number of aliphatic carboxylic acids is 1. The third-order valence-corrected chi connectivity index (χ3v) is 6.30. The predicted molar refractivity (Wildman–Crippen MR) is 134 cm³/mol. The van der Waals surface area contributed by atoms with Crippen LogP contribution < -0.4 is 10.2 Å². The van der Waals surface area contributed by atoms with Crippen LogP contribution in [0.1, 0.15) is 23.2 Å². The number of nitrogens with zero attached hydrogens (tertiary/aromatic N) is 4. The van der Waals surface area contributed by atoms with Crippen molar-refractivity contribution in [1.82, 2.24) is 14.9 Å². The Kier molecular flexibility index (Phi) is 7.93. The first-order chi connectivity index (χ1) is 17.5. The van der Waals surface area contributed by atoms with Gasteiger partial charge < -0.3 is 20.2 Å². The van der Waals surface area contributed by atoms with Gasteiger partial charge in [0.25, 0.3) is 5.91 Å². The quantitative estimate of drug-likeness (QED) is 0.461. The van der Waals surface area contributed by atoms with Crippen molar-refractivity contribution in [2.45, 2.75) is 25.1 Å². The number of rotatable bonds is 4. The Balaban J connectivity index is 0.000000405. The molecule has 0 unspecified atom stereocenters. The lowest BCUT2D eigenvalue weighted by atomic mass is 10.1. The van der Waals surface area contributed by atoms with Gasteiger partial charge in [0.15, 0.2) is 11.6 Å². The SMILES string of the molecule is O=C(O)C(F)(F)F.O=C(c1cc(Cl)ccc1Cl)N1CCN(c2nc3ccccc3nc2NC2CC2)CC1. The van der Waals surface area contributed by atoms with Gasteiger partial charge in [-0.25, -0.2) is 14.8 Å². The Morgan fingerprint density at radius 2 is 1.57 bits per heavy atom. The molecule has 2 aliphatic rings. The Morgan fingerprint density at radius 1 is 0.973 bits per heavy atom. The fraction of sp³-hybridized carbons (Fsp3) is 0.333. The summed E-state index contributed by atoms with van der Waals surface area (Å²) in [4.78, 5) is 35.6. The number of hydrogen-bond donors (Lipinski definition) is 2. The van der Waals surface area contributed by atoms with E-state index in [2.05, 4.69) is 10.2 Å². The number of nitrogens with one attached hydrogen (secondary N) is 1. The Hall–Kier alpha value is -3.31. The average Bonchev–Trinajstić information content (AvgIpc) is 3.69. The van der Waals surface area contributed by atoms with E-state index in [0.29, 0.717) is 47.8 Å². The molecule has 5 rings (SSSR count). The predicted octanol–water partition coefficient (Wildman–Crippen LogP) is 5.11. The molecule has 2 aromatic carbocycles. The zero-order valence-electron chi connectivity index (χ0n) is 19.3. The van der Waals surface area contributed by atoms with Gasteiger partial charge in [0.05, 0.1) is 21.6 Å². The molecule has 3 aromatic rings. The van der Waals surface area contributed by atoms with Gasteiger partial charge in [0.2, 0.25) is 0 Å². The minimum atomic E-state index is -5.08. The van der Waals surface area contributed by atoms with E-state index in [-0.39, 0.29) is 5.91 Å². The molecular weight excluding hydrogens is 534 g/mol. The molecule has 2 fully saturated rings. The van der Waals surface area contributed by atoms with Gasteiger partial charge in [0.1, 0.15) is 0 Å². The number of alkyl halides is 3. The molecule has 37 heavy (non-hydrogen) atoms. The number of para-hydroxylation sites is 2. The van der Waals surface area contributed by atoms with Crippen LogP contribution in [-0.2, 0) is 4.79 Å². The zero-order chi connectivity index (χ0) is 26.7. The number of carbonyl (C=O) groups is 2. The summed E-state index contributed by atoms with van der Waals surface area (Å²) in [5, 5.41) is 11.6. The number of carboxylic acid groups (broad SMARTS) is 1. The van der Waals surface area contributed by atoms with E-state index in [0.717, 1.165) is 35.5 Å². The molecular formula is C24H22Cl2F3N5O3. The summed E-state index contributed by atoms with van der Waals surface area (Å²) >= 11 is 12.3. The van der Waals surface area contributed by atoms with Crippen molar-refractivity contribution < 1.29 is 27.9 Å². The molecule has 1 aromatic heterocycles. The maximum Gasteiger partial charge on any atom is 0.490 e. The number of benzene rings is 2. The molecule has 0 bridgehead atoms. The van der Waals surface area contributed by atoms with Crippen LogP contribution >= 0.6 is 23.2 Å². The van der Waals surface area contributed by atoms with Crippen LogP contribution in [0.5, 0.6) is 0 Å². The van der Waals surface area contributed by atoms with Gasteiger partial charge in [-0.1, -0.05) is 35.3 Å². The number of halogens is 5. The largest absolute Gasteiger partial charge is 0.490 e. The fourth-order valence-corrected chi connectivity index (χ4v) is 4.05. The molecule has 2 N–H and O–H groups in total. The molecule has 8 nitrogen and oxygen atoms in total. The smallest absolute Gasteiger partial charge is 0.475 e. The summed E-state index contributed by atoms with van der Waals surface area (Å²) in [5.41, 5.74) is 2.20. The lowest BCUT2D eigenvalue weighted by Gasteiger charge is -2.36. The second-order valence-corrected chi connectivity index (χ2v) is 9.35. The number of hydrogen-bond acceptors (Lipinski definition) is 6. The van der Waals surface area contributed by atoms with E-state index >= 15 is 0 Å². The van der Waals surface area contributed by atoms with Gasteiger partial charge in [-0.15, -0.1) is 0 Å². The average molecular weight is 556 g/mol.